The van der Waals surface area contributed by atoms with E-state index in [1.54, 1.807) is 0 Å². The van der Waals surface area contributed by atoms with E-state index in [1.807, 2.05) is 0 Å². The third kappa shape index (κ3) is 21.1. The van der Waals surface area contributed by atoms with E-state index < -0.39 is 6.16 Å². The summed E-state index contributed by atoms with van der Waals surface area (Å²) in [5.74, 6) is 0.990. The lowest BCUT2D eigenvalue weighted by Crippen LogP contribution is -2.19. The Kier molecular flexibility index (Phi) is 24.3. The Balaban J connectivity index is 4.28. The maximum absolute atomic E-state index is 12.3. The van der Waals surface area contributed by atoms with Crippen molar-refractivity contribution in [1.29, 1.82) is 0 Å². The van der Waals surface area contributed by atoms with Crippen LogP contribution in [0.3, 0.4) is 0 Å². The van der Waals surface area contributed by atoms with Crippen LogP contribution in [-0.2, 0) is 9.47 Å². The highest BCUT2D eigenvalue weighted by atomic mass is 16.7. The normalized spacial score (nSPS) is 13.1. The van der Waals surface area contributed by atoms with Crippen LogP contribution in [0.4, 0.5) is 4.79 Å². The second-order valence-corrected chi connectivity index (χ2v) is 10.0. The van der Waals surface area contributed by atoms with Crippen LogP contribution < -0.4 is 0 Å². The van der Waals surface area contributed by atoms with Gasteiger partial charge >= 0.3 is 6.16 Å². The fourth-order valence-corrected chi connectivity index (χ4v) is 4.47. The van der Waals surface area contributed by atoms with E-state index in [2.05, 4.69) is 27.7 Å². The number of hydrogen-bond donors (Lipinski definition) is 0. The first-order chi connectivity index (χ1) is 15.7. The predicted octanol–water partition coefficient (Wildman–Crippen LogP) is 10.3. The Morgan fingerprint density at radius 2 is 0.750 bits per heavy atom. The van der Waals surface area contributed by atoms with Crippen LogP contribution in [0.5, 0.6) is 0 Å². The monoisotopic (exact) mass is 454 g/mol. The van der Waals surface area contributed by atoms with E-state index in [9.17, 15) is 4.79 Å². The lowest BCUT2D eigenvalue weighted by Gasteiger charge is -2.19. The second-order valence-electron chi connectivity index (χ2n) is 10.0. The van der Waals surface area contributed by atoms with Crippen LogP contribution in [0.25, 0.3) is 0 Å². The van der Waals surface area contributed by atoms with Gasteiger partial charge in [-0.3, -0.25) is 0 Å². The maximum atomic E-state index is 12.3. The molecule has 0 bridgehead atoms. The number of rotatable bonds is 24. The topological polar surface area (TPSA) is 35.5 Å². The zero-order chi connectivity index (χ0) is 23.7. The quantitative estimate of drug-likeness (QED) is 0.107. The van der Waals surface area contributed by atoms with Crippen molar-refractivity contribution in [2.45, 2.75) is 156 Å². The first-order valence-corrected chi connectivity index (χ1v) is 14.5. The minimum Gasteiger partial charge on any atom is -0.434 e. The fraction of sp³-hybridized carbons (Fsp3) is 0.966. The summed E-state index contributed by atoms with van der Waals surface area (Å²) in [7, 11) is 0. The maximum Gasteiger partial charge on any atom is 0.508 e. The Labute approximate surface area is 201 Å². The van der Waals surface area contributed by atoms with Crippen molar-refractivity contribution in [1.82, 2.24) is 0 Å². The Hall–Kier alpha value is -0.730. The summed E-state index contributed by atoms with van der Waals surface area (Å²) in [5.41, 5.74) is 0. The first-order valence-electron chi connectivity index (χ1n) is 14.5. The Morgan fingerprint density at radius 1 is 0.469 bits per heavy atom. The molecule has 0 aromatic rings. The van der Waals surface area contributed by atoms with E-state index in [0.29, 0.717) is 25.0 Å². The van der Waals surface area contributed by atoms with Gasteiger partial charge in [-0.25, -0.2) is 4.79 Å². The van der Waals surface area contributed by atoms with Crippen molar-refractivity contribution in [3.63, 3.8) is 0 Å². The molecule has 0 fully saturated rings. The van der Waals surface area contributed by atoms with Crippen molar-refractivity contribution in [2.24, 2.45) is 11.8 Å². The molecule has 0 aromatic heterocycles. The molecule has 0 radical (unpaired) electrons. The zero-order valence-electron chi connectivity index (χ0n) is 22.4. The molecule has 0 N–H and O–H groups in total. The van der Waals surface area contributed by atoms with Gasteiger partial charge in [0.1, 0.15) is 0 Å². The highest BCUT2D eigenvalue weighted by Crippen LogP contribution is 2.21. The van der Waals surface area contributed by atoms with Crippen molar-refractivity contribution in [3.05, 3.63) is 0 Å². The average molecular weight is 455 g/mol. The molecule has 0 amide bonds. The minimum atomic E-state index is -0.442. The van der Waals surface area contributed by atoms with Crippen LogP contribution >= 0.6 is 0 Å². The van der Waals surface area contributed by atoms with Crippen molar-refractivity contribution in [2.75, 3.05) is 13.2 Å². The number of carbonyl (C=O) groups is 1. The number of unbranched alkanes of at least 4 members (excludes halogenated alkanes) is 12. The first kappa shape index (κ1) is 31.3. The van der Waals surface area contributed by atoms with E-state index in [0.717, 1.165) is 0 Å². The highest BCUT2D eigenvalue weighted by molar-refractivity contribution is 5.59. The highest BCUT2D eigenvalue weighted by Gasteiger charge is 2.15. The third-order valence-electron chi connectivity index (χ3n) is 6.74. The third-order valence-corrected chi connectivity index (χ3v) is 6.74. The summed E-state index contributed by atoms with van der Waals surface area (Å²) in [6.45, 7) is 10.1. The van der Waals surface area contributed by atoms with Gasteiger partial charge in [0.15, 0.2) is 0 Å². The van der Waals surface area contributed by atoms with Gasteiger partial charge in [-0.05, 0) is 37.5 Å². The summed E-state index contributed by atoms with van der Waals surface area (Å²) < 4.78 is 11.2. The molecule has 2 unspecified atom stereocenters. The number of carbonyl (C=O) groups excluding carboxylic acids is 1. The molecule has 0 saturated heterocycles. The zero-order valence-corrected chi connectivity index (χ0v) is 22.4. The second kappa shape index (κ2) is 24.9. The molecule has 32 heavy (non-hydrogen) atoms. The lowest BCUT2D eigenvalue weighted by atomic mass is 9.95. The largest absolute Gasteiger partial charge is 0.508 e. The molecule has 0 spiro atoms. The lowest BCUT2D eigenvalue weighted by molar-refractivity contribution is 0.0300. The standard InChI is InChI=1S/C29H58O3/c1-5-9-13-15-19-23-27(21-17-11-7-3)25-31-29(30)32-26-28(22-18-12-8-4)24-20-16-14-10-6-2/h27-28H,5-26H2,1-4H3. The fourth-order valence-electron chi connectivity index (χ4n) is 4.47. The molecule has 192 valence electrons. The summed E-state index contributed by atoms with van der Waals surface area (Å²) in [5, 5.41) is 0. The molecule has 0 saturated carbocycles. The van der Waals surface area contributed by atoms with Crippen LogP contribution in [0.1, 0.15) is 156 Å². The molecule has 0 aliphatic rings. The van der Waals surface area contributed by atoms with Crippen molar-refractivity contribution >= 4 is 6.16 Å². The Morgan fingerprint density at radius 3 is 1.09 bits per heavy atom. The van der Waals surface area contributed by atoms with Crippen LogP contribution in [0.15, 0.2) is 0 Å². The summed E-state index contributed by atoms with van der Waals surface area (Å²) in [6, 6.07) is 0. The molecular formula is C29H58O3. The molecule has 0 rings (SSSR count). The van der Waals surface area contributed by atoms with Crippen LogP contribution in [-0.4, -0.2) is 19.4 Å². The molecule has 2 atom stereocenters. The Bertz CT molecular complexity index is 349. The predicted molar refractivity (Wildman–Crippen MR) is 139 cm³/mol. The van der Waals surface area contributed by atoms with Gasteiger partial charge in [0.25, 0.3) is 0 Å². The van der Waals surface area contributed by atoms with Crippen molar-refractivity contribution in [3.8, 4) is 0 Å². The molecule has 0 heterocycles. The minimum absolute atomic E-state index is 0.442. The molecule has 0 aromatic carbocycles. The van der Waals surface area contributed by atoms with E-state index in [1.165, 1.54) is 128 Å². The van der Waals surface area contributed by atoms with Crippen LogP contribution in [0.2, 0.25) is 0 Å². The van der Waals surface area contributed by atoms with Gasteiger partial charge in [0, 0.05) is 0 Å². The molecule has 0 aliphatic carbocycles. The smallest absolute Gasteiger partial charge is 0.434 e. The van der Waals surface area contributed by atoms with Gasteiger partial charge in [0.2, 0.25) is 0 Å². The molecule has 3 nitrogen and oxygen atoms in total. The number of hydrogen-bond acceptors (Lipinski definition) is 3. The molecule has 3 heteroatoms. The summed E-state index contributed by atoms with van der Waals surface area (Å²) in [6.07, 6.45) is 24.8. The van der Waals surface area contributed by atoms with E-state index in [-0.39, 0.29) is 0 Å². The number of ether oxygens (including phenoxy) is 2. The molecule has 0 aliphatic heterocycles. The van der Waals surface area contributed by atoms with E-state index >= 15 is 0 Å². The average Bonchev–Trinajstić information content (AvgIpc) is 2.80. The van der Waals surface area contributed by atoms with Crippen molar-refractivity contribution < 1.29 is 14.3 Å². The van der Waals surface area contributed by atoms with Gasteiger partial charge in [-0.1, -0.05) is 130 Å². The summed E-state index contributed by atoms with van der Waals surface area (Å²) in [4.78, 5) is 12.3. The van der Waals surface area contributed by atoms with Gasteiger partial charge in [-0.15, -0.1) is 0 Å². The van der Waals surface area contributed by atoms with Gasteiger partial charge in [0.05, 0.1) is 13.2 Å². The summed E-state index contributed by atoms with van der Waals surface area (Å²) >= 11 is 0. The van der Waals surface area contributed by atoms with Gasteiger partial charge < -0.3 is 9.47 Å². The SMILES string of the molecule is CCCCCCCC(CCCCC)COC(=O)OCC(CCCCC)CCCCCCC. The van der Waals surface area contributed by atoms with Gasteiger partial charge in [-0.2, -0.15) is 0 Å². The molecular weight excluding hydrogens is 396 g/mol. The van der Waals surface area contributed by atoms with E-state index in [4.69, 9.17) is 9.47 Å². The van der Waals surface area contributed by atoms with Crippen LogP contribution in [0, 0.1) is 11.8 Å².